The maximum absolute atomic E-state index is 13.5. The minimum absolute atomic E-state index is 0.0121. The molecule has 0 bridgehead atoms. The van der Waals surface area contributed by atoms with Crippen LogP contribution >= 0.6 is 11.3 Å². The molecule has 4 aromatic rings. The molecule has 0 aliphatic carbocycles. The number of benzene rings is 2. The van der Waals surface area contributed by atoms with Crippen molar-refractivity contribution >= 4 is 33.8 Å². The third-order valence-electron chi connectivity index (χ3n) is 8.49. The van der Waals surface area contributed by atoms with Crippen molar-refractivity contribution in [3.05, 3.63) is 64.9 Å². The molecule has 7 rings (SSSR count). The molecule has 9 heteroatoms. The van der Waals surface area contributed by atoms with E-state index in [9.17, 15) is 4.79 Å². The lowest BCUT2D eigenvalue weighted by Gasteiger charge is -2.41. The van der Waals surface area contributed by atoms with Gasteiger partial charge >= 0.3 is 0 Å². The summed E-state index contributed by atoms with van der Waals surface area (Å²) in [5.41, 5.74) is 4.65. The van der Waals surface area contributed by atoms with E-state index in [0.717, 1.165) is 104 Å². The van der Waals surface area contributed by atoms with Crippen LogP contribution in [0.3, 0.4) is 0 Å². The van der Waals surface area contributed by atoms with E-state index in [1.54, 1.807) is 11.3 Å². The van der Waals surface area contributed by atoms with Gasteiger partial charge in [0.1, 0.15) is 17.9 Å². The fourth-order valence-electron chi connectivity index (χ4n) is 6.16. The van der Waals surface area contributed by atoms with Gasteiger partial charge in [0.25, 0.3) is 0 Å². The number of hydrogen-bond acceptors (Lipinski definition) is 7. The number of ether oxygens (including phenoxy) is 2. The molecule has 3 aliphatic heterocycles. The second kappa shape index (κ2) is 11.3. The first kappa shape index (κ1) is 25.7. The molecule has 0 radical (unpaired) electrons. The maximum atomic E-state index is 13.5. The first-order chi connectivity index (χ1) is 19.7. The molecule has 2 aromatic carbocycles. The molecule has 0 saturated carbocycles. The van der Waals surface area contributed by atoms with E-state index in [0.29, 0.717) is 6.04 Å². The number of anilines is 1. The van der Waals surface area contributed by atoms with Gasteiger partial charge in [0.05, 0.1) is 30.5 Å². The highest BCUT2D eigenvalue weighted by Crippen LogP contribution is 2.32. The van der Waals surface area contributed by atoms with E-state index in [1.807, 2.05) is 35.7 Å². The number of fused-ring (bicyclic) bond motifs is 1. The van der Waals surface area contributed by atoms with Gasteiger partial charge in [0.15, 0.2) is 0 Å². The highest BCUT2D eigenvalue weighted by molar-refractivity contribution is 7.08. The van der Waals surface area contributed by atoms with Gasteiger partial charge in [-0.05, 0) is 104 Å². The summed E-state index contributed by atoms with van der Waals surface area (Å²) in [6.45, 7) is 5.79. The average molecular weight is 558 g/mol. The zero-order valence-electron chi connectivity index (χ0n) is 22.6. The number of thiophene rings is 1. The number of carbonyl (C=O) groups excluding carboxylic acids is 1. The van der Waals surface area contributed by atoms with Gasteiger partial charge in [0.2, 0.25) is 5.91 Å². The topological polar surface area (TPSA) is 82.7 Å². The first-order valence-corrected chi connectivity index (χ1v) is 15.3. The van der Waals surface area contributed by atoms with Crippen LogP contribution in [0.4, 0.5) is 5.69 Å². The van der Waals surface area contributed by atoms with Crippen LogP contribution in [-0.4, -0.2) is 77.4 Å². The number of aromatic amines is 1. The van der Waals surface area contributed by atoms with Crippen molar-refractivity contribution in [2.45, 2.75) is 43.9 Å². The zero-order valence-corrected chi connectivity index (χ0v) is 23.4. The van der Waals surface area contributed by atoms with Crippen LogP contribution in [0.1, 0.15) is 37.3 Å². The summed E-state index contributed by atoms with van der Waals surface area (Å²) >= 11 is 1.63. The van der Waals surface area contributed by atoms with Gasteiger partial charge in [-0.1, -0.05) is 0 Å². The summed E-state index contributed by atoms with van der Waals surface area (Å²) in [6.07, 6.45) is 4.61. The smallest absolute Gasteiger partial charge is 0.246 e. The molecule has 40 heavy (non-hydrogen) atoms. The Morgan fingerprint density at radius 2 is 1.85 bits per heavy atom. The summed E-state index contributed by atoms with van der Waals surface area (Å²) < 4.78 is 11.7. The van der Waals surface area contributed by atoms with Crippen molar-refractivity contribution in [3.8, 4) is 17.0 Å². The fraction of sp³-hybridized carbons (Fsp3) is 0.419. The predicted molar refractivity (Wildman–Crippen MR) is 158 cm³/mol. The van der Waals surface area contributed by atoms with Crippen molar-refractivity contribution in [1.82, 2.24) is 20.0 Å². The van der Waals surface area contributed by atoms with Crippen molar-refractivity contribution in [3.63, 3.8) is 0 Å². The normalized spacial score (nSPS) is 20.0. The number of hydrogen-bond donors (Lipinski definition) is 2. The number of aromatic nitrogens is 2. The average Bonchev–Trinajstić information content (AvgIpc) is 3.73. The van der Waals surface area contributed by atoms with E-state index >= 15 is 0 Å². The molecule has 2 aromatic heterocycles. The number of nitrogens with one attached hydrogen (secondary N) is 2. The molecule has 3 saturated heterocycles. The minimum Gasteiger partial charge on any atom is -0.490 e. The number of amides is 1. The van der Waals surface area contributed by atoms with Gasteiger partial charge < -0.3 is 14.8 Å². The summed E-state index contributed by atoms with van der Waals surface area (Å²) in [5.74, 6) is 0.904. The lowest BCUT2D eigenvalue weighted by molar-refractivity contribution is -0.121. The Morgan fingerprint density at radius 3 is 2.55 bits per heavy atom. The Morgan fingerprint density at radius 1 is 1.05 bits per heavy atom. The second-order valence-electron chi connectivity index (χ2n) is 11.1. The molecule has 1 atom stereocenters. The molecule has 5 heterocycles. The van der Waals surface area contributed by atoms with E-state index in [-0.39, 0.29) is 18.1 Å². The van der Waals surface area contributed by atoms with Gasteiger partial charge in [-0.2, -0.15) is 16.4 Å². The van der Waals surface area contributed by atoms with Crippen LogP contribution in [0.5, 0.6) is 5.75 Å². The Bertz CT molecular complexity index is 1440. The molecule has 3 fully saturated rings. The number of likely N-dealkylation sites (tertiary alicyclic amines) is 2. The van der Waals surface area contributed by atoms with Crippen LogP contribution in [0.2, 0.25) is 0 Å². The maximum Gasteiger partial charge on any atom is 0.246 e. The molecule has 1 amide bonds. The number of piperidine rings is 1. The van der Waals surface area contributed by atoms with E-state index in [4.69, 9.17) is 9.47 Å². The van der Waals surface area contributed by atoms with Crippen molar-refractivity contribution in [1.29, 1.82) is 0 Å². The second-order valence-corrected chi connectivity index (χ2v) is 11.9. The van der Waals surface area contributed by atoms with Crippen LogP contribution in [0.15, 0.2) is 59.3 Å². The van der Waals surface area contributed by atoms with Crippen LogP contribution in [0, 0.1) is 0 Å². The lowest BCUT2D eigenvalue weighted by Crippen LogP contribution is -2.52. The lowest BCUT2D eigenvalue weighted by atomic mass is 10.0. The molecule has 1 unspecified atom stereocenters. The van der Waals surface area contributed by atoms with Crippen molar-refractivity contribution in [2.24, 2.45) is 0 Å². The highest BCUT2D eigenvalue weighted by Gasteiger charge is 2.31. The predicted octanol–water partition coefficient (Wildman–Crippen LogP) is 5.31. The van der Waals surface area contributed by atoms with Gasteiger partial charge in [-0.25, -0.2) is 0 Å². The Labute approximate surface area is 238 Å². The SMILES string of the molecule is O=C(Nc1ccc2[nH]nc(-c3ccc(OC4CCN(C5COC5)CC4)cc3)c2c1)C(c1ccsc1)N1CCCC1. The molecule has 3 aliphatic rings. The van der Waals surface area contributed by atoms with Crippen LogP contribution in [0.25, 0.3) is 22.2 Å². The monoisotopic (exact) mass is 557 g/mol. The standard InChI is InChI=1S/C31H35N5O3S/c37-31(30(22-11-16-40-20-22)36-12-1-2-13-36)32-23-5-8-28-27(17-23)29(34-33-28)21-3-6-25(7-4-21)39-26-9-14-35(15-10-26)24-18-38-19-24/h3-8,11,16-17,20,24,26,30H,1-2,9-10,12-15,18-19H2,(H,32,37)(H,33,34). The van der Waals surface area contributed by atoms with Crippen molar-refractivity contribution < 1.29 is 14.3 Å². The van der Waals surface area contributed by atoms with Crippen molar-refractivity contribution in [2.75, 3.05) is 44.7 Å². The molecule has 0 spiro atoms. The number of carbonyl (C=O) groups is 1. The Kier molecular flexibility index (Phi) is 7.28. The summed E-state index contributed by atoms with van der Waals surface area (Å²) in [7, 11) is 0. The molecular weight excluding hydrogens is 522 g/mol. The molecule has 208 valence electrons. The number of nitrogens with zero attached hydrogens (tertiary/aromatic N) is 3. The minimum atomic E-state index is -0.264. The Hall–Kier alpha value is -3.24. The molecular formula is C31H35N5O3S. The summed E-state index contributed by atoms with van der Waals surface area (Å²) in [6, 6.07) is 16.6. The largest absolute Gasteiger partial charge is 0.490 e. The Balaban J connectivity index is 1.04. The highest BCUT2D eigenvalue weighted by atomic mass is 32.1. The summed E-state index contributed by atoms with van der Waals surface area (Å²) in [4.78, 5) is 18.3. The van der Waals surface area contributed by atoms with Gasteiger partial charge in [-0.3, -0.25) is 19.7 Å². The first-order valence-electron chi connectivity index (χ1n) is 14.4. The van der Waals surface area contributed by atoms with Gasteiger partial charge in [-0.15, -0.1) is 0 Å². The summed E-state index contributed by atoms with van der Waals surface area (Å²) in [5, 5.41) is 16.0. The number of H-pyrrole nitrogens is 1. The van der Waals surface area contributed by atoms with E-state index in [1.165, 1.54) is 0 Å². The quantitative estimate of drug-likeness (QED) is 0.306. The van der Waals surface area contributed by atoms with Crippen LogP contribution < -0.4 is 10.1 Å². The third-order valence-corrected chi connectivity index (χ3v) is 9.19. The fourth-order valence-corrected chi connectivity index (χ4v) is 6.84. The molecule has 2 N–H and O–H groups in total. The zero-order chi connectivity index (χ0) is 26.9. The van der Waals surface area contributed by atoms with E-state index < -0.39 is 0 Å². The molecule has 8 nitrogen and oxygen atoms in total. The number of rotatable bonds is 8. The van der Waals surface area contributed by atoms with E-state index in [2.05, 4.69) is 48.9 Å². The van der Waals surface area contributed by atoms with Gasteiger partial charge in [0, 0.05) is 29.7 Å². The van der Waals surface area contributed by atoms with Crippen LogP contribution in [-0.2, 0) is 9.53 Å². The third kappa shape index (κ3) is 5.26.